The lowest BCUT2D eigenvalue weighted by molar-refractivity contribution is -0.116. The zero-order valence-electron chi connectivity index (χ0n) is 9.49. The molecule has 1 aromatic heterocycles. The fraction of sp³-hybridized carbons (Fsp3) is 0.500. The Bertz CT molecular complexity index is 392. The first-order valence-electron chi connectivity index (χ1n) is 5.76. The van der Waals surface area contributed by atoms with Crippen LogP contribution in [0.1, 0.15) is 25.7 Å². The van der Waals surface area contributed by atoms with Gasteiger partial charge in [0.25, 0.3) is 0 Å². The van der Waals surface area contributed by atoms with Gasteiger partial charge in [-0.25, -0.2) is 0 Å². The molecule has 1 atom stereocenters. The number of amides is 1. The third-order valence-electron chi connectivity index (χ3n) is 2.76. The van der Waals surface area contributed by atoms with Gasteiger partial charge in [-0.15, -0.1) is 0 Å². The Hall–Kier alpha value is -0.940. The lowest BCUT2D eigenvalue weighted by atomic mass is 10.1. The maximum atomic E-state index is 11.7. The third-order valence-corrected chi connectivity index (χ3v) is 3.40. The van der Waals surface area contributed by atoms with Crippen molar-refractivity contribution in [2.24, 2.45) is 0 Å². The maximum Gasteiger partial charge on any atom is 0.224 e. The van der Waals surface area contributed by atoms with Crippen LogP contribution in [0.4, 0.5) is 5.69 Å². The molecule has 1 fully saturated rings. The summed E-state index contributed by atoms with van der Waals surface area (Å²) < 4.78 is 6.27. The molecule has 0 bridgehead atoms. The summed E-state index contributed by atoms with van der Waals surface area (Å²) in [6, 6.07) is 1.77. The number of nitrogens with zero attached hydrogens (tertiary/aromatic N) is 1. The lowest BCUT2D eigenvalue weighted by Gasteiger charge is -2.10. The van der Waals surface area contributed by atoms with Crippen LogP contribution in [-0.4, -0.2) is 23.6 Å². The number of pyridine rings is 1. The molecule has 0 aliphatic carbocycles. The van der Waals surface area contributed by atoms with Crippen molar-refractivity contribution in [1.29, 1.82) is 0 Å². The van der Waals surface area contributed by atoms with Crippen molar-refractivity contribution in [2.45, 2.75) is 31.8 Å². The zero-order valence-corrected chi connectivity index (χ0v) is 11.1. The van der Waals surface area contributed by atoms with Gasteiger partial charge in [0.1, 0.15) is 0 Å². The molecular weight excluding hydrogens is 284 g/mol. The van der Waals surface area contributed by atoms with Crippen LogP contribution in [0.15, 0.2) is 22.9 Å². The van der Waals surface area contributed by atoms with Crippen LogP contribution >= 0.6 is 15.9 Å². The highest BCUT2D eigenvalue weighted by atomic mass is 79.9. The first kappa shape index (κ1) is 12.5. The van der Waals surface area contributed by atoms with E-state index in [1.54, 1.807) is 18.5 Å². The zero-order chi connectivity index (χ0) is 12.1. The lowest BCUT2D eigenvalue weighted by Crippen LogP contribution is -2.15. The van der Waals surface area contributed by atoms with Gasteiger partial charge in [-0.2, -0.15) is 0 Å². The monoisotopic (exact) mass is 298 g/mol. The molecule has 2 rings (SSSR count). The molecule has 0 saturated carbocycles. The second kappa shape index (κ2) is 6.12. The Morgan fingerprint density at radius 2 is 2.53 bits per heavy atom. The summed E-state index contributed by atoms with van der Waals surface area (Å²) >= 11 is 3.34. The Balaban J connectivity index is 1.79. The van der Waals surface area contributed by atoms with E-state index in [0.29, 0.717) is 6.42 Å². The number of aromatic nitrogens is 1. The van der Waals surface area contributed by atoms with Gasteiger partial charge in [-0.1, -0.05) is 0 Å². The van der Waals surface area contributed by atoms with E-state index in [9.17, 15) is 4.79 Å². The summed E-state index contributed by atoms with van der Waals surface area (Å²) in [7, 11) is 0. The Morgan fingerprint density at radius 1 is 1.65 bits per heavy atom. The van der Waals surface area contributed by atoms with Gasteiger partial charge < -0.3 is 10.1 Å². The van der Waals surface area contributed by atoms with Crippen molar-refractivity contribution >= 4 is 27.5 Å². The quantitative estimate of drug-likeness (QED) is 0.930. The van der Waals surface area contributed by atoms with Crippen LogP contribution < -0.4 is 5.32 Å². The summed E-state index contributed by atoms with van der Waals surface area (Å²) in [6.45, 7) is 0.836. The third kappa shape index (κ3) is 3.78. The highest BCUT2D eigenvalue weighted by Crippen LogP contribution is 2.21. The van der Waals surface area contributed by atoms with Crippen molar-refractivity contribution in [3.05, 3.63) is 22.9 Å². The van der Waals surface area contributed by atoms with Crippen LogP contribution in [0.5, 0.6) is 0 Å². The molecule has 92 valence electrons. The van der Waals surface area contributed by atoms with Crippen LogP contribution in [0, 0.1) is 0 Å². The molecule has 1 saturated heterocycles. The van der Waals surface area contributed by atoms with E-state index in [2.05, 4.69) is 26.2 Å². The number of rotatable bonds is 4. The highest BCUT2D eigenvalue weighted by molar-refractivity contribution is 9.10. The topological polar surface area (TPSA) is 51.2 Å². The predicted molar refractivity (Wildman–Crippen MR) is 68.8 cm³/mol. The number of hydrogen-bond acceptors (Lipinski definition) is 3. The Kier molecular flexibility index (Phi) is 4.50. The van der Waals surface area contributed by atoms with Gasteiger partial charge in [0.05, 0.1) is 16.3 Å². The molecule has 2 heterocycles. The number of anilines is 1. The Labute approximate surface area is 109 Å². The van der Waals surface area contributed by atoms with Gasteiger partial charge in [0.15, 0.2) is 0 Å². The molecule has 0 spiro atoms. The normalized spacial score (nSPS) is 19.2. The molecule has 5 heteroatoms. The molecule has 1 aromatic rings. The second-order valence-electron chi connectivity index (χ2n) is 4.08. The van der Waals surface area contributed by atoms with Crippen LogP contribution in [0.25, 0.3) is 0 Å². The summed E-state index contributed by atoms with van der Waals surface area (Å²) in [4.78, 5) is 15.7. The van der Waals surface area contributed by atoms with Crippen molar-refractivity contribution in [1.82, 2.24) is 4.98 Å². The second-order valence-corrected chi connectivity index (χ2v) is 4.93. The largest absolute Gasteiger partial charge is 0.378 e. The van der Waals surface area contributed by atoms with Crippen molar-refractivity contribution in [3.63, 3.8) is 0 Å². The number of hydrogen-bond donors (Lipinski definition) is 1. The molecule has 1 unspecified atom stereocenters. The van der Waals surface area contributed by atoms with Crippen molar-refractivity contribution in [3.8, 4) is 0 Å². The average molecular weight is 299 g/mol. The minimum absolute atomic E-state index is 0.0207. The number of nitrogens with one attached hydrogen (secondary N) is 1. The van der Waals surface area contributed by atoms with Crippen molar-refractivity contribution in [2.75, 3.05) is 11.9 Å². The standard InChI is InChI=1S/C12H15BrN2O2/c13-10-8-14-6-5-11(10)15-12(16)4-3-9-2-1-7-17-9/h5-6,8-9H,1-4,7H2,(H,14,15,16). The van der Waals surface area contributed by atoms with E-state index in [4.69, 9.17) is 4.74 Å². The van der Waals surface area contributed by atoms with Crippen LogP contribution in [0.2, 0.25) is 0 Å². The van der Waals surface area contributed by atoms with Crippen molar-refractivity contribution < 1.29 is 9.53 Å². The van der Waals surface area contributed by atoms with Crippen LogP contribution in [-0.2, 0) is 9.53 Å². The number of ether oxygens (including phenoxy) is 1. The van der Waals surface area contributed by atoms with Gasteiger partial charge in [0, 0.05) is 25.4 Å². The van der Waals surface area contributed by atoms with Gasteiger partial charge in [-0.05, 0) is 41.3 Å². The van der Waals surface area contributed by atoms with E-state index >= 15 is 0 Å². The highest BCUT2D eigenvalue weighted by Gasteiger charge is 2.16. The molecular formula is C12H15BrN2O2. The molecule has 17 heavy (non-hydrogen) atoms. The summed E-state index contributed by atoms with van der Waals surface area (Å²) in [5.74, 6) is 0.0207. The number of halogens is 1. The molecule has 1 amide bonds. The summed E-state index contributed by atoms with van der Waals surface area (Å²) in [6.07, 6.45) is 7.07. The van der Waals surface area contributed by atoms with Crippen LogP contribution in [0.3, 0.4) is 0 Å². The van der Waals surface area contributed by atoms with E-state index in [1.807, 2.05) is 0 Å². The average Bonchev–Trinajstić information content (AvgIpc) is 2.82. The fourth-order valence-corrected chi connectivity index (χ4v) is 2.20. The smallest absolute Gasteiger partial charge is 0.224 e. The maximum absolute atomic E-state index is 11.7. The predicted octanol–water partition coefficient (Wildman–Crippen LogP) is 2.74. The molecule has 0 radical (unpaired) electrons. The molecule has 1 N–H and O–H groups in total. The fourth-order valence-electron chi connectivity index (χ4n) is 1.85. The first-order chi connectivity index (χ1) is 8.25. The molecule has 1 aliphatic rings. The van der Waals surface area contributed by atoms with E-state index in [1.165, 1.54) is 0 Å². The minimum Gasteiger partial charge on any atom is -0.378 e. The summed E-state index contributed by atoms with van der Waals surface area (Å²) in [5, 5.41) is 2.85. The minimum atomic E-state index is 0.0207. The van der Waals surface area contributed by atoms with Gasteiger partial charge >= 0.3 is 0 Å². The SMILES string of the molecule is O=C(CCC1CCCO1)Nc1ccncc1Br. The van der Waals surface area contributed by atoms with E-state index in [-0.39, 0.29) is 12.0 Å². The molecule has 0 aromatic carbocycles. The number of carbonyl (C=O) groups is 1. The summed E-state index contributed by atoms with van der Waals surface area (Å²) in [5.41, 5.74) is 0.761. The first-order valence-corrected chi connectivity index (χ1v) is 6.56. The van der Waals surface area contributed by atoms with Gasteiger partial charge in [0.2, 0.25) is 5.91 Å². The van der Waals surface area contributed by atoms with E-state index < -0.39 is 0 Å². The van der Waals surface area contributed by atoms with E-state index in [0.717, 1.165) is 36.0 Å². The number of carbonyl (C=O) groups excluding carboxylic acids is 1. The van der Waals surface area contributed by atoms with Gasteiger partial charge in [-0.3, -0.25) is 9.78 Å². The Morgan fingerprint density at radius 3 is 3.24 bits per heavy atom. The molecule has 1 aliphatic heterocycles. The molecule has 4 nitrogen and oxygen atoms in total.